The molecule has 0 saturated carbocycles. The lowest BCUT2D eigenvalue weighted by Crippen LogP contribution is -2.12. The van der Waals surface area contributed by atoms with E-state index in [4.69, 9.17) is 0 Å². The highest BCUT2D eigenvalue weighted by atomic mass is 32.2. The van der Waals surface area contributed by atoms with Gasteiger partial charge in [-0.1, -0.05) is 50.7 Å². The van der Waals surface area contributed by atoms with Crippen molar-refractivity contribution in [1.82, 2.24) is 4.98 Å². The highest BCUT2D eigenvalue weighted by Crippen LogP contribution is 2.23. The Morgan fingerprint density at radius 2 is 1.91 bits per heavy atom. The van der Waals surface area contributed by atoms with Crippen LogP contribution in [0.1, 0.15) is 31.9 Å². The van der Waals surface area contributed by atoms with Crippen LogP contribution >= 0.6 is 11.8 Å². The minimum absolute atomic E-state index is 0.176. The van der Waals surface area contributed by atoms with Gasteiger partial charge >= 0.3 is 0 Å². The van der Waals surface area contributed by atoms with Crippen molar-refractivity contribution in [3.05, 3.63) is 59.9 Å². The van der Waals surface area contributed by atoms with Gasteiger partial charge in [-0.3, -0.25) is 9.98 Å². The monoisotopic (exact) mass is 313 g/mol. The fraction of sp³-hybridized carbons (Fsp3) is 0.333. The molecule has 0 bridgehead atoms. The summed E-state index contributed by atoms with van der Waals surface area (Å²) in [6.45, 7) is 7.30. The first kappa shape index (κ1) is 16.6. The summed E-state index contributed by atoms with van der Waals surface area (Å²) in [6, 6.07) is 12.5. The van der Waals surface area contributed by atoms with Gasteiger partial charge in [0.15, 0.2) is 5.17 Å². The summed E-state index contributed by atoms with van der Waals surface area (Å²) < 4.78 is 0. The summed E-state index contributed by atoms with van der Waals surface area (Å²) in [7, 11) is 0. The van der Waals surface area contributed by atoms with Crippen molar-refractivity contribution in [2.45, 2.75) is 32.7 Å². The second-order valence-electron chi connectivity index (χ2n) is 6.14. The average molecular weight is 313 g/mol. The molecule has 1 N–H and O–H groups in total. The Hall–Kier alpha value is -1.81. The maximum atomic E-state index is 4.61. The number of nitrogens with one attached hydrogen (secondary N) is 1. The van der Waals surface area contributed by atoms with E-state index in [1.165, 1.54) is 5.56 Å². The fourth-order valence-corrected chi connectivity index (χ4v) is 2.40. The molecule has 0 aliphatic heterocycles. The molecule has 0 amide bonds. The molecule has 0 spiro atoms. The molecule has 4 heteroatoms. The summed E-state index contributed by atoms with van der Waals surface area (Å²) in [4.78, 5) is 8.72. The first-order valence-electron chi connectivity index (χ1n) is 7.34. The molecule has 3 nitrogen and oxygen atoms in total. The predicted octanol–water partition coefficient (Wildman–Crippen LogP) is 4.71. The molecule has 2 aromatic rings. The van der Waals surface area contributed by atoms with Crippen molar-refractivity contribution in [2.75, 3.05) is 11.6 Å². The van der Waals surface area contributed by atoms with E-state index in [0.29, 0.717) is 6.54 Å². The Balaban J connectivity index is 2.03. The number of nitrogens with zero attached hydrogens (tertiary/aromatic N) is 2. The molecule has 0 unspecified atom stereocenters. The molecule has 0 aliphatic rings. The van der Waals surface area contributed by atoms with E-state index in [2.05, 4.69) is 60.3 Å². The summed E-state index contributed by atoms with van der Waals surface area (Å²) in [5.41, 5.74) is 3.68. The summed E-state index contributed by atoms with van der Waals surface area (Å²) >= 11 is 1.61. The first-order chi connectivity index (χ1) is 10.5. The Labute approximate surface area is 137 Å². The summed E-state index contributed by atoms with van der Waals surface area (Å²) in [5.74, 6) is 0. The number of amidine groups is 1. The third kappa shape index (κ3) is 4.88. The Bertz CT molecular complexity index is 613. The molecule has 2 rings (SSSR count). The van der Waals surface area contributed by atoms with Gasteiger partial charge in [0.1, 0.15) is 0 Å². The summed E-state index contributed by atoms with van der Waals surface area (Å²) in [6.07, 6.45) is 5.65. The number of aromatic nitrogens is 1. The average Bonchev–Trinajstić information content (AvgIpc) is 2.52. The lowest BCUT2D eigenvalue weighted by molar-refractivity contribution is 0.590. The van der Waals surface area contributed by atoms with Crippen LogP contribution in [0.15, 0.2) is 53.8 Å². The molecule has 22 heavy (non-hydrogen) atoms. The largest absolute Gasteiger partial charge is 0.335 e. The standard InChI is InChI=1S/C18H23N3S/c1-18(2,3)15-7-9-16(10-8-15)21-17(22-4)20-13-14-6-5-11-19-12-14/h5-12H,13H2,1-4H3,(H,20,21). The number of hydrogen-bond donors (Lipinski definition) is 1. The number of aliphatic imine (C=N–C) groups is 1. The molecule has 1 aromatic heterocycles. The number of benzene rings is 1. The number of thioether (sulfide) groups is 1. The van der Waals surface area contributed by atoms with Crippen LogP contribution in [-0.4, -0.2) is 16.4 Å². The van der Waals surface area contributed by atoms with Crippen LogP contribution in [0.2, 0.25) is 0 Å². The van der Waals surface area contributed by atoms with Gasteiger partial charge in [0.2, 0.25) is 0 Å². The molecule has 1 aromatic carbocycles. The highest BCUT2D eigenvalue weighted by Gasteiger charge is 2.12. The molecule has 0 fully saturated rings. The second kappa shape index (κ2) is 7.45. The lowest BCUT2D eigenvalue weighted by Gasteiger charge is -2.19. The third-order valence-corrected chi connectivity index (χ3v) is 3.94. The maximum Gasteiger partial charge on any atom is 0.161 e. The van der Waals surface area contributed by atoms with Crippen LogP contribution in [0.3, 0.4) is 0 Å². The van der Waals surface area contributed by atoms with E-state index < -0.39 is 0 Å². The number of rotatable bonds is 3. The van der Waals surface area contributed by atoms with Crippen LogP contribution in [0.4, 0.5) is 5.69 Å². The van der Waals surface area contributed by atoms with Gasteiger partial charge in [0.25, 0.3) is 0 Å². The second-order valence-corrected chi connectivity index (χ2v) is 6.93. The number of hydrogen-bond acceptors (Lipinski definition) is 3. The van der Waals surface area contributed by atoms with Crippen LogP contribution in [0, 0.1) is 0 Å². The quantitative estimate of drug-likeness (QED) is 0.658. The van der Waals surface area contributed by atoms with Crippen LogP contribution < -0.4 is 5.32 Å². The van der Waals surface area contributed by atoms with Gasteiger partial charge < -0.3 is 5.32 Å². The van der Waals surface area contributed by atoms with Gasteiger partial charge in [-0.25, -0.2) is 0 Å². The molecule has 0 atom stereocenters. The van der Waals surface area contributed by atoms with Crippen molar-refractivity contribution in [1.29, 1.82) is 0 Å². The Kier molecular flexibility index (Phi) is 5.61. The predicted molar refractivity (Wildman–Crippen MR) is 97.7 cm³/mol. The molecular weight excluding hydrogens is 290 g/mol. The normalized spacial score (nSPS) is 12.3. The zero-order valence-electron chi connectivity index (χ0n) is 13.6. The van der Waals surface area contributed by atoms with Crippen molar-refractivity contribution in [2.24, 2.45) is 4.99 Å². The van der Waals surface area contributed by atoms with Gasteiger partial charge in [0.05, 0.1) is 6.54 Å². The molecule has 1 heterocycles. The summed E-state index contributed by atoms with van der Waals surface area (Å²) in [5, 5.41) is 4.28. The van der Waals surface area contributed by atoms with E-state index >= 15 is 0 Å². The highest BCUT2D eigenvalue weighted by molar-refractivity contribution is 8.13. The first-order valence-corrected chi connectivity index (χ1v) is 8.56. The van der Waals surface area contributed by atoms with Gasteiger partial charge in [0, 0.05) is 18.1 Å². The van der Waals surface area contributed by atoms with E-state index in [-0.39, 0.29) is 5.41 Å². The van der Waals surface area contributed by atoms with E-state index in [1.54, 1.807) is 18.0 Å². The van der Waals surface area contributed by atoms with Crippen molar-refractivity contribution in [3.63, 3.8) is 0 Å². The van der Waals surface area contributed by atoms with Gasteiger partial charge in [-0.15, -0.1) is 0 Å². The number of pyridine rings is 1. The minimum atomic E-state index is 0.176. The fourth-order valence-electron chi connectivity index (χ4n) is 1.99. The van der Waals surface area contributed by atoms with Crippen molar-refractivity contribution >= 4 is 22.6 Å². The zero-order valence-corrected chi connectivity index (χ0v) is 14.4. The smallest absolute Gasteiger partial charge is 0.161 e. The molecular formula is C18H23N3S. The van der Waals surface area contributed by atoms with Crippen LogP contribution in [-0.2, 0) is 12.0 Å². The molecule has 0 aliphatic carbocycles. The SMILES string of the molecule is CSC(=NCc1cccnc1)Nc1ccc(C(C)(C)C)cc1. The van der Waals surface area contributed by atoms with Crippen molar-refractivity contribution < 1.29 is 0 Å². The van der Waals surface area contributed by atoms with E-state index in [0.717, 1.165) is 16.4 Å². The Morgan fingerprint density at radius 1 is 1.18 bits per heavy atom. The van der Waals surface area contributed by atoms with Gasteiger partial charge in [-0.05, 0) is 41.0 Å². The third-order valence-electron chi connectivity index (χ3n) is 3.32. The zero-order chi connectivity index (χ0) is 16.0. The molecule has 0 radical (unpaired) electrons. The number of anilines is 1. The lowest BCUT2D eigenvalue weighted by atomic mass is 9.87. The van der Waals surface area contributed by atoms with Crippen molar-refractivity contribution in [3.8, 4) is 0 Å². The maximum absolute atomic E-state index is 4.61. The van der Waals surface area contributed by atoms with E-state index in [1.807, 2.05) is 24.6 Å². The van der Waals surface area contributed by atoms with Gasteiger partial charge in [-0.2, -0.15) is 0 Å². The Morgan fingerprint density at radius 3 is 2.45 bits per heavy atom. The topological polar surface area (TPSA) is 37.3 Å². The molecule has 0 saturated heterocycles. The van der Waals surface area contributed by atoms with Crippen LogP contribution in [0.25, 0.3) is 0 Å². The molecule has 116 valence electrons. The van der Waals surface area contributed by atoms with Crippen LogP contribution in [0.5, 0.6) is 0 Å². The minimum Gasteiger partial charge on any atom is -0.335 e. The van der Waals surface area contributed by atoms with E-state index in [9.17, 15) is 0 Å².